The van der Waals surface area contributed by atoms with Crippen molar-refractivity contribution in [1.29, 1.82) is 0 Å². The first kappa shape index (κ1) is 22.1. The summed E-state index contributed by atoms with van der Waals surface area (Å²) in [5.74, 6) is -6.60. The number of rotatable bonds is 8. The molecule has 2 rings (SSSR count). The zero-order chi connectivity index (χ0) is 20.9. The van der Waals surface area contributed by atoms with E-state index in [1.807, 2.05) is 0 Å². The van der Waals surface area contributed by atoms with Crippen molar-refractivity contribution in [3.05, 3.63) is 23.5 Å². The summed E-state index contributed by atoms with van der Waals surface area (Å²) >= 11 is 0. The van der Waals surface area contributed by atoms with Gasteiger partial charge in [0.15, 0.2) is 11.6 Å². The van der Waals surface area contributed by atoms with Crippen LogP contribution in [-0.4, -0.2) is 44.3 Å². The van der Waals surface area contributed by atoms with E-state index in [2.05, 4.69) is 10.6 Å². The monoisotopic (exact) mass is 414 g/mol. The van der Waals surface area contributed by atoms with Crippen molar-refractivity contribution in [1.82, 2.24) is 10.6 Å². The van der Waals surface area contributed by atoms with Gasteiger partial charge in [0.1, 0.15) is 5.75 Å². The van der Waals surface area contributed by atoms with Crippen LogP contribution in [0.5, 0.6) is 11.5 Å². The second-order valence-corrected chi connectivity index (χ2v) is 6.26. The van der Waals surface area contributed by atoms with Crippen molar-refractivity contribution in [3.63, 3.8) is 0 Å². The molecule has 0 spiro atoms. The molecule has 2 N–H and O–H groups in total. The number of hydrogen-bond acceptors (Lipinski definition) is 4. The minimum Gasteiger partial charge on any atom is -0.496 e. The average Bonchev–Trinajstić information content (AvgIpc) is 3.14. The quantitative estimate of drug-likeness (QED) is 0.642. The summed E-state index contributed by atoms with van der Waals surface area (Å²) in [5, 5.41) is 5.64. The lowest BCUT2D eigenvalue weighted by atomic mass is 10.1. The molecule has 0 saturated carbocycles. The summed E-state index contributed by atoms with van der Waals surface area (Å²) in [6, 6.07) is 1.68. The van der Waals surface area contributed by atoms with Crippen LogP contribution in [-0.2, 0) is 11.3 Å². The smallest absolute Gasteiger partial charge is 0.453 e. The van der Waals surface area contributed by atoms with Gasteiger partial charge in [-0.1, -0.05) is 0 Å². The zero-order valence-corrected chi connectivity index (χ0v) is 15.0. The van der Waals surface area contributed by atoms with Crippen molar-refractivity contribution < 1.29 is 40.6 Å². The molecule has 28 heavy (non-hydrogen) atoms. The number of halogens is 6. The summed E-state index contributed by atoms with van der Waals surface area (Å²) in [5.41, 5.74) is 0.263. The Bertz CT molecular complexity index is 690. The highest BCUT2D eigenvalue weighted by Gasteiger charge is 2.56. The molecule has 1 aliphatic rings. The molecule has 0 aliphatic carbocycles. The van der Waals surface area contributed by atoms with Crippen LogP contribution in [0.3, 0.4) is 0 Å². The summed E-state index contributed by atoms with van der Waals surface area (Å²) in [4.78, 5) is 12.0. The van der Waals surface area contributed by atoms with E-state index in [1.165, 1.54) is 7.11 Å². The second-order valence-electron chi connectivity index (χ2n) is 6.26. The number of hydrogen-bond donors (Lipinski definition) is 2. The fraction of sp³-hybridized carbons (Fsp3) is 0.588. The summed E-state index contributed by atoms with van der Waals surface area (Å²) < 4.78 is 86.1. The molecule has 5 nitrogen and oxygen atoms in total. The van der Waals surface area contributed by atoms with E-state index >= 15 is 0 Å². The van der Waals surface area contributed by atoms with Crippen molar-refractivity contribution in [2.24, 2.45) is 0 Å². The van der Waals surface area contributed by atoms with E-state index in [-0.39, 0.29) is 29.8 Å². The lowest BCUT2D eigenvalue weighted by Gasteiger charge is -2.20. The molecule has 1 saturated heterocycles. The standard InChI is InChI=1S/C17H20F6N2O3/c1-27-13-8-14(28-6-4-16(19,20)17(21,22)23)11(18)7-10(13)9-25-15(26)12-3-2-5-24-12/h7-8,12,24H,2-6,9H2,1H3,(H,25,26)/t12-/m0/s1. The number of ether oxygens (including phenoxy) is 2. The number of benzene rings is 1. The van der Waals surface area contributed by atoms with Crippen LogP contribution >= 0.6 is 0 Å². The Hall–Kier alpha value is -2.17. The van der Waals surface area contributed by atoms with Crippen LogP contribution in [0.2, 0.25) is 0 Å². The lowest BCUT2D eigenvalue weighted by Crippen LogP contribution is -2.40. The fourth-order valence-corrected chi connectivity index (χ4v) is 2.66. The minimum absolute atomic E-state index is 0.0521. The van der Waals surface area contributed by atoms with Gasteiger partial charge >= 0.3 is 12.1 Å². The molecule has 158 valence electrons. The van der Waals surface area contributed by atoms with Crippen molar-refractivity contribution in [2.75, 3.05) is 20.3 Å². The molecular weight excluding hydrogens is 394 g/mol. The van der Waals surface area contributed by atoms with Crippen LogP contribution in [0, 0.1) is 5.82 Å². The van der Waals surface area contributed by atoms with Crippen molar-refractivity contribution >= 4 is 5.91 Å². The van der Waals surface area contributed by atoms with Gasteiger partial charge in [-0.25, -0.2) is 4.39 Å². The number of methoxy groups -OCH3 is 1. The van der Waals surface area contributed by atoms with Crippen LogP contribution in [0.1, 0.15) is 24.8 Å². The molecule has 0 unspecified atom stereocenters. The Morgan fingerprint density at radius 2 is 1.96 bits per heavy atom. The third-order valence-electron chi connectivity index (χ3n) is 4.25. The first-order valence-corrected chi connectivity index (χ1v) is 8.50. The van der Waals surface area contributed by atoms with E-state index in [9.17, 15) is 31.1 Å². The molecule has 1 aromatic rings. The van der Waals surface area contributed by atoms with Crippen molar-refractivity contribution in [3.8, 4) is 11.5 Å². The van der Waals surface area contributed by atoms with Gasteiger partial charge in [-0.05, 0) is 25.5 Å². The highest BCUT2D eigenvalue weighted by Crippen LogP contribution is 2.38. The van der Waals surface area contributed by atoms with Gasteiger partial charge < -0.3 is 20.1 Å². The third kappa shape index (κ3) is 5.43. The normalized spacial score (nSPS) is 17.5. The Labute approximate surface area is 157 Å². The van der Waals surface area contributed by atoms with E-state index in [4.69, 9.17) is 9.47 Å². The van der Waals surface area contributed by atoms with Crippen LogP contribution in [0.4, 0.5) is 26.3 Å². The van der Waals surface area contributed by atoms with Gasteiger partial charge in [0.05, 0.1) is 26.2 Å². The topological polar surface area (TPSA) is 59.6 Å². The highest BCUT2D eigenvalue weighted by molar-refractivity contribution is 5.82. The molecule has 1 aliphatic heterocycles. The molecule has 0 aromatic heterocycles. The summed E-state index contributed by atoms with van der Waals surface area (Å²) in [6.07, 6.45) is -5.80. The molecule has 1 amide bonds. The Morgan fingerprint density at radius 1 is 1.25 bits per heavy atom. The Balaban J connectivity index is 1.99. The maximum Gasteiger partial charge on any atom is 0.453 e. The number of nitrogens with one attached hydrogen (secondary N) is 2. The zero-order valence-electron chi connectivity index (χ0n) is 15.0. The van der Waals surface area contributed by atoms with Crippen LogP contribution in [0.15, 0.2) is 12.1 Å². The van der Waals surface area contributed by atoms with Gasteiger partial charge in [-0.15, -0.1) is 0 Å². The second kappa shape index (κ2) is 8.89. The predicted octanol–water partition coefficient (Wildman–Crippen LogP) is 3.17. The molecule has 1 heterocycles. The van der Waals surface area contributed by atoms with Gasteiger partial charge in [0.25, 0.3) is 0 Å². The fourth-order valence-electron chi connectivity index (χ4n) is 2.66. The molecule has 1 atom stereocenters. The SMILES string of the molecule is COc1cc(OCCC(F)(F)C(F)(F)F)c(F)cc1CNC(=O)[C@@H]1CCCN1. The Morgan fingerprint density at radius 3 is 2.54 bits per heavy atom. The maximum absolute atomic E-state index is 14.1. The van der Waals surface area contributed by atoms with E-state index in [0.717, 1.165) is 25.1 Å². The van der Waals surface area contributed by atoms with Crippen molar-refractivity contribution in [2.45, 2.75) is 43.9 Å². The molecule has 1 fully saturated rings. The van der Waals surface area contributed by atoms with Gasteiger partial charge in [-0.2, -0.15) is 22.0 Å². The first-order chi connectivity index (χ1) is 13.0. The molecule has 11 heteroatoms. The maximum atomic E-state index is 14.1. The molecule has 0 radical (unpaired) electrons. The molecular formula is C17H20F6N2O3. The van der Waals surface area contributed by atoms with Crippen LogP contribution in [0.25, 0.3) is 0 Å². The summed E-state index contributed by atoms with van der Waals surface area (Å²) in [6.45, 7) is -0.366. The molecule has 0 bridgehead atoms. The third-order valence-corrected chi connectivity index (χ3v) is 4.25. The summed E-state index contributed by atoms with van der Waals surface area (Å²) in [7, 11) is 1.26. The Kier molecular flexibility index (Phi) is 7.02. The van der Waals surface area contributed by atoms with Gasteiger partial charge in [0.2, 0.25) is 5.91 Å². The van der Waals surface area contributed by atoms with E-state index in [1.54, 1.807) is 0 Å². The average molecular weight is 414 g/mol. The first-order valence-electron chi connectivity index (χ1n) is 8.50. The largest absolute Gasteiger partial charge is 0.496 e. The number of amides is 1. The number of alkyl halides is 5. The predicted molar refractivity (Wildman–Crippen MR) is 86.9 cm³/mol. The highest BCUT2D eigenvalue weighted by atomic mass is 19.4. The van der Waals surface area contributed by atoms with Gasteiger partial charge in [0, 0.05) is 18.2 Å². The number of carbonyl (C=O) groups is 1. The molecule has 1 aromatic carbocycles. The lowest BCUT2D eigenvalue weighted by molar-refractivity contribution is -0.285. The van der Waals surface area contributed by atoms with Gasteiger partial charge in [-0.3, -0.25) is 4.79 Å². The minimum atomic E-state index is -5.71. The number of carbonyl (C=O) groups excluding carboxylic acids is 1. The van der Waals surface area contributed by atoms with E-state index in [0.29, 0.717) is 6.42 Å². The van der Waals surface area contributed by atoms with Crippen LogP contribution < -0.4 is 20.1 Å². The van der Waals surface area contributed by atoms with E-state index < -0.39 is 36.7 Å².